The van der Waals surface area contributed by atoms with Gasteiger partial charge in [0.25, 0.3) is 0 Å². The van der Waals surface area contributed by atoms with Crippen LogP contribution in [0.15, 0.2) is 0 Å². The Kier molecular flexibility index (Phi) is 13.9. The van der Waals surface area contributed by atoms with Crippen LogP contribution in [0.4, 0.5) is 0 Å². The molecule has 12 heavy (non-hydrogen) atoms. The molecule has 0 aromatic carbocycles. The van der Waals surface area contributed by atoms with Crippen LogP contribution in [-0.4, -0.2) is 35.0 Å². The molecule has 0 aromatic rings. The summed E-state index contributed by atoms with van der Waals surface area (Å²) in [5, 5.41) is 0. The van der Waals surface area contributed by atoms with E-state index in [1.165, 1.54) is 0 Å². The van der Waals surface area contributed by atoms with Crippen LogP contribution in [0.25, 0.3) is 0 Å². The molecule has 0 saturated carbocycles. The molecule has 0 fully saturated rings. The Hall–Kier alpha value is -0.260. The van der Waals surface area contributed by atoms with Crippen LogP contribution in [0.3, 0.4) is 0 Å². The molecular formula is C2H12O8S2. The molecule has 4 N–H and O–H groups in total. The molecule has 10 heteroatoms. The minimum Gasteiger partial charge on any atom is -0.264 e. The van der Waals surface area contributed by atoms with Gasteiger partial charge in [0.1, 0.15) is 0 Å². The zero-order valence-corrected chi connectivity index (χ0v) is 5.87. The monoisotopic (exact) mass is 228 g/mol. The highest BCUT2D eigenvalue weighted by molar-refractivity contribution is 7.80. The van der Waals surface area contributed by atoms with Crippen LogP contribution in [0.1, 0.15) is 14.9 Å². The Morgan fingerprint density at radius 3 is 0.583 bits per heavy atom. The number of hydrogen-bond acceptors (Lipinski definition) is 4. The van der Waals surface area contributed by atoms with Crippen molar-refractivity contribution in [3.63, 3.8) is 0 Å². The van der Waals surface area contributed by atoms with Gasteiger partial charge in [-0.3, -0.25) is 18.2 Å². The zero-order valence-electron chi connectivity index (χ0n) is 4.24. The third kappa shape index (κ3) is 11000. The van der Waals surface area contributed by atoms with E-state index in [1.807, 2.05) is 0 Å². The van der Waals surface area contributed by atoms with Crippen LogP contribution < -0.4 is 0 Å². The SMILES string of the molecule is C.C.O=S(=O)(O)O.O=S(=O)(O)O. The number of hydrogen-bond donors (Lipinski definition) is 4. The lowest BCUT2D eigenvalue weighted by molar-refractivity contribution is 0.378. The van der Waals surface area contributed by atoms with Crippen molar-refractivity contribution in [3.05, 3.63) is 0 Å². The summed E-state index contributed by atoms with van der Waals surface area (Å²) < 4.78 is 63.2. The lowest BCUT2D eigenvalue weighted by Crippen LogP contribution is -1.89. The molecule has 0 atom stereocenters. The Morgan fingerprint density at radius 1 is 0.583 bits per heavy atom. The van der Waals surface area contributed by atoms with Gasteiger partial charge in [-0.2, -0.15) is 16.8 Å². The maximum Gasteiger partial charge on any atom is 0.394 e. The van der Waals surface area contributed by atoms with Crippen LogP contribution in [0.5, 0.6) is 0 Å². The van der Waals surface area contributed by atoms with E-state index in [1.54, 1.807) is 0 Å². The van der Waals surface area contributed by atoms with Crippen molar-refractivity contribution < 1.29 is 35.0 Å². The summed E-state index contributed by atoms with van der Waals surface area (Å²) in [6.45, 7) is 0. The van der Waals surface area contributed by atoms with Gasteiger partial charge in [-0.1, -0.05) is 14.9 Å². The molecule has 0 spiro atoms. The van der Waals surface area contributed by atoms with Crippen molar-refractivity contribution >= 4 is 20.8 Å². The quantitative estimate of drug-likeness (QED) is 0.422. The predicted molar refractivity (Wildman–Crippen MR) is 41.8 cm³/mol. The molecule has 80 valence electrons. The second kappa shape index (κ2) is 7.39. The Labute approximate surface area is 71.4 Å². The average molecular weight is 228 g/mol. The number of rotatable bonds is 0. The molecule has 0 amide bonds. The minimum absolute atomic E-state index is 0. The maximum absolute atomic E-state index is 8.74. The lowest BCUT2D eigenvalue weighted by Gasteiger charge is -1.68. The summed E-state index contributed by atoms with van der Waals surface area (Å²) in [7, 11) is -9.33. The van der Waals surface area contributed by atoms with Gasteiger partial charge >= 0.3 is 20.8 Å². The van der Waals surface area contributed by atoms with Crippen molar-refractivity contribution in [1.29, 1.82) is 0 Å². The van der Waals surface area contributed by atoms with E-state index >= 15 is 0 Å². The van der Waals surface area contributed by atoms with Gasteiger partial charge in [-0.15, -0.1) is 0 Å². The summed E-state index contributed by atoms with van der Waals surface area (Å²) in [5.41, 5.74) is 0. The molecule has 0 heterocycles. The van der Waals surface area contributed by atoms with Crippen molar-refractivity contribution in [2.24, 2.45) is 0 Å². The van der Waals surface area contributed by atoms with E-state index in [9.17, 15) is 0 Å². The summed E-state index contributed by atoms with van der Waals surface area (Å²) >= 11 is 0. The van der Waals surface area contributed by atoms with Crippen molar-refractivity contribution in [2.75, 3.05) is 0 Å². The third-order valence-corrected chi connectivity index (χ3v) is 0. The Morgan fingerprint density at radius 2 is 0.583 bits per heavy atom. The van der Waals surface area contributed by atoms with Crippen molar-refractivity contribution in [3.8, 4) is 0 Å². The maximum atomic E-state index is 8.74. The Balaban J connectivity index is -0.0000000457. The van der Waals surface area contributed by atoms with Gasteiger partial charge in [0.15, 0.2) is 0 Å². The second-order valence-electron chi connectivity index (χ2n) is 0.896. The Bertz CT molecular complexity index is 211. The van der Waals surface area contributed by atoms with E-state index in [0.717, 1.165) is 0 Å². The topological polar surface area (TPSA) is 149 Å². The van der Waals surface area contributed by atoms with Crippen LogP contribution >= 0.6 is 0 Å². The van der Waals surface area contributed by atoms with E-state index in [-0.39, 0.29) is 14.9 Å². The van der Waals surface area contributed by atoms with Crippen LogP contribution in [0, 0.1) is 0 Å². The molecule has 0 aliphatic heterocycles. The fraction of sp³-hybridized carbons (Fsp3) is 1.00. The normalized spacial score (nSPS) is 9.67. The molecule has 0 bridgehead atoms. The van der Waals surface area contributed by atoms with E-state index in [2.05, 4.69) is 0 Å². The summed E-state index contributed by atoms with van der Waals surface area (Å²) in [6, 6.07) is 0. The summed E-state index contributed by atoms with van der Waals surface area (Å²) in [6.07, 6.45) is 0. The highest BCUT2D eigenvalue weighted by Gasteiger charge is 1.85. The standard InChI is InChI=1S/2CH4.2H2O4S/c;;2*1-5(2,3)4/h2*1H4;2*(H2,1,2,3,4). The molecule has 0 aliphatic rings. The highest BCUT2D eigenvalue weighted by atomic mass is 32.3. The lowest BCUT2D eigenvalue weighted by atomic mass is 12.0. The molecule has 0 radical (unpaired) electrons. The molecule has 0 unspecified atom stereocenters. The minimum atomic E-state index is -4.67. The van der Waals surface area contributed by atoms with Gasteiger partial charge in [-0.25, -0.2) is 0 Å². The summed E-state index contributed by atoms with van der Waals surface area (Å²) in [5.74, 6) is 0. The molecule has 0 aromatic heterocycles. The van der Waals surface area contributed by atoms with Crippen LogP contribution in [0.2, 0.25) is 0 Å². The zero-order chi connectivity index (χ0) is 9.00. The van der Waals surface area contributed by atoms with Gasteiger partial charge in [0.2, 0.25) is 0 Å². The van der Waals surface area contributed by atoms with Crippen molar-refractivity contribution in [2.45, 2.75) is 14.9 Å². The first-order valence-corrected chi connectivity index (χ1v) is 4.19. The average Bonchev–Trinajstić information content (AvgIpc) is 1.12. The molecule has 0 rings (SSSR count). The molecule has 0 saturated heterocycles. The fourth-order valence-electron chi connectivity index (χ4n) is 0. The molecule has 8 nitrogen and oxygen atoms in total. The highest BCUT2D eigenvalue weighted by Crippen LogP contribution is 1.59. The first kappa shape index (κ1) is 22.6. The van der Waals surface area contributed by atoms with E-state index in [0.29, 0.717) is 0 Å². The van der Waals surface area contributed by atoms with Gasteiger partial charge in [0, 0.05) is 0 Å². The third-order valence-electron chi connectivity index (χ3n) is 0. The second-order valence-corrected chi connectivity index (χ2v) is 2.69. The van der Waals surface area contributed by atoms with Gasteiger partial charge in [-0.05, 0) is 0 Å². The van der Waals surface area contributed by atoms with Crippen LogP contribution in [-0.2, 0) is 20.8 Å². The van der Waals surface area contributed by atoms with Gasteiger partial charge in [0.05, 0.1) is 0 Å². The van der Waals surface area contributed by atoms with E-state index in [4.69, 9.17) is 35.0 Å². The first-order valence-electron chi connectivity index (χ1n) is 1.40. The first-order chi connectivity index (χ1) is 4.00. The molecular weight excluding hydrogens is 216 g/mol. The molecule has 0 aliphatic carbocycles. The largest absolute Gasteiger partial charge is 0.394 e. The smallest absolute Gasteiger partial charge is 0.264 e. The summed E-state index contributed by atoms with van der Waals surface area (Å²) in [4.78, 5) is 0. The van der Waals surface area contributed by atoms with Crippen molar-refractivity contribution in [1.82, 2.24) is 0 Å². The predicted octanol–water partition coefficient (Wildman–Crippen LogP) is -0.0334. The van der Waals surface area contributed by atoms with E-state index < -0.39 is 20.8 Å². The van der Waals surface area contributed by atoms with Gasteiger partial charge < -0.3 is 0 Å². The fourth-order valence-corrected chi connectivity index (χ4v) is 0.